The minimum absolute atomic E-state index is 0.0739. The fraction of sp³-hybridized carbons (Fsp3) is 0. The molecule has 0 aromatic heterocycles. The molecule has 0 aliphatic rings. The number of hydrogen-bond donors (Lipinski definition) is 0. The molecule has 2 aromatic carbocycles. The monoisotopic (exact) mass is 260 g/mol. The summed E-state index contributed by atoms with van der Waals surface area (Å²) >= 11 is 18.0. The lowest BCUT2D eigenvalue weighted by Gasteiger charge is -2.07. The lowest BCUT2D eigenvalue weighted by molar-refractivity contribution is 1.61. The van der Waals surface area contributed by atoms with Gasteiger partial charge in [-0.05, 0) is 12.1 Å². The van der Waals surface area contributed by atoms with E-state index in [1.807, 2.05) is 0 Å². The van der Waals surface area contributed by atoms with Crippen LogP contribution < -0.4 is 0 Å². The van der Waals surface area contributed by atoms with Crippen molar-refractivity contribution in [2.75, 3.05) is 0 Å². The zero-order valence-corrected chi connectivity index (χ0v) is 9.63. The minimum atomic E-state index is -0.378. The highest BCUT2D eigenvalue weighted by Gasteiger charge is 2.08. The third-order valence-corrected chi connectivity index (χ3v) is 2.97. The van der Waals surface area contributed by atoms with Crippen molar-refractivity contribution in [3.63, 3.8) is 0 Å². The van der Waals surface area contributed by atoms with E-state index >= 15 is 0 Å². The maximum Gasteiger partial charge on any atom is 0.0671 e. The SMILES string of the molecule is [2H]c1c([2H])c([2H])c(-c2cccc(Cl)c2Cl)c(Cl)c1[2H]. The maximum absolute atomic E-state index is 7.90. The molecule has 0 bridgehead atoms. The first-order chi connectivity index (χ1) is 8.86. The molecule has 2 aromatic rings. The second kappa shape index (κ2) is 4.44. The van der Waals surface area contributed by atoms with E-state index in [1.54, 1.807) is 18.2 Å². The minimum Gasteiger partial charge on any atom is -0.0837 e. The van der Waals surface area contributed by atoms with Crippen LogP contribution in [0, 0.1) is 0 Å². The Kier molecular flexibility index (Phi) is 2.01. The van der Waals surface area contributed by atoms with Crippen molar-refractivity contribution in [2.45, 2.75) is 0 Å². The zero-order valence-electron chi connectivity index (χ0n) is 11.4. The molecule has 0 spiro atoms. The van der Waals surface area contributed by atoms with Crippen molar-refractivity contribution in [3.05, 3.63) is 57.4 Å². The second-order valence-electron chi connectivity index (χ2n) is 2.79. The summed E-state index contributed by atoms with van der Waals surface area (Å²) in [5.74, 6) is 0. The number of benzene rings is 2. The molecule has 0 radical (unpaired) electrons. The molecule has 0 heterocycles. The van der Waals surface area contributed by atoms with Crippen LogP contribution in [0.1, 0.15) is 5.48 Å². The van der Waals surface area contributed by atoms with Crippen molar-refractivity contribution in [1.82, 2.24) is 0 Å². The molecule has 0 aliphatic carbocycles. The van der Waals surface area contributed by atoms with Gasteiger partial charge in [-0.25, -0.2) is 0 Å². The van der Waals surface area contributed by atoms with Crippen LogP contribution >= 0.6 is 34.8 Å². The molecule has 0 saturated carbocycles. The van der Waals surface area contributed by atoms with Crippen LogP contribution in [0.15, 0.2) is 42.4 Å². The van der Waals surface area contributed by atoms with Gasteiger partial charge in [0, 0.05) is 16.1 Å². The van der Waals surface area contributed by atoms with Gasteiger partial charge in [0.15, 0.2) is 0 Å². The van der Waals surface area contributed by atoms with Crippen LogP contribution in [0.2, 0.25) is 15.1 Å². The van der Waals surface area contributed by atoms with E-state index in [2.05, 4.69) is 0 Å². The van der Waals surface area contributed by atoms with E-state index in [1.165, 1.54) is 0 Å². The van der Waals surface area contributed by atoms with Gasteiger partial charge < -0.3 is 0 Å². The molecule has 2 rings (SSSR count). The largest absolute Gasteiger partial charge is 0.0837 e. The maximum atomic E-state index is 7.90. The van der Waals surface area contributed by atoms with Crippen LogP contribution in [0.4, 0.5) is 0 Å². The Morgan fingerprint density at radius 2 is 1.60 bits per heavy atom. The molecule has 3 heteroatoms. The summed E-state index contributed by atoms with van der Waals surface area (Å²) in [6.45, 7) is 0. The molecule has 0 atom stereocenters. The van der Waals surface area contributed by atoms with Crippen LogP contribution in [0.25, 0.3) is 11.1 Å². The van der Waals surface area contributed by atoms with E-state index < -0.39 is 0 Å². The Morgan fingerprint density at radius 3 is 2.40 bits per heavy atom. The molecule has 76 valence electrons. The summed E-state index contributed by atoms with van der Waals surface area (Å²) in [5.41, 5.74) is 0.534. The molecular weight excluding hydrogens is 250 g/mol. The fourth-order valence-electron chi connectivity index (χ4n) is 1.18. The quantitative estimate of drug-likeness (QED) is 0.652. The highest BCUT2D eigenvalue weighted by Crippen LogP contribution is 2.36. The van der Waals surface area contributed by atoms with Crippen molar-refractivity contribution >= 4 is 34.8 Å². The first-order valence-electron chi connectivity index (χ1n) is 6.06. The van der Waals surface area contributed by atoms with E-state index in [4.69, 9.17) is 40.3 Å². The van der Waals surface area contributed by atoms with Crippen molar-refractivity contribution in [1.29, 1.82) is 0 Å². The predicted molar refractivity (Wildman–Crippen MR) is 66.9 cm³/mol. The van der Waals surface area contributed by atoms with E-state index in [-0.39, 0.29) is 39.8 Å². The van der Waals surface area contributed by atoms with Crippen LogP contribution in [0.5, 0.6) is 0 Å². The highest BCUT2D eigenvalue weighted by atomic mass is 35.5. The van der Waals surface area contributed by atoms with Crippen LogP contribution in [0.3, 0.4) is 0 Å². The van der Waals surface area contributed by atoms with Gasteiger partial charge in [-0.2, -0.15) is 0 Å². The molecular formula is C12H7Cl3. The van der Waals surface area contributed by atoms with Crippen molar-refractivity contribution < 1.29 is 5.48 Å². The Bertz CT molecular complexity index is 642. The first kappa shape index (κ1) is 6.80. The van der Waals surface area contributed by atoms with Gasteiger partial charge in [0.05, 0.1) is 15.5 Å². The molecule has 0 unspecified atom stereocenters. The van der Waals surface area contributed by atoms with Gasteiger partial charge in [-0.15, -0.1) is 0 Å². The summed E-state index contributed by atoms with van der Waals surface area (Å²) in [6, 6.07) is 3.56. The Balaban J connectivity index is 2.87. The van der Waals surface area contributed by atoms with E-state index in [9.17, 15) is 0 Å². The van der Waals surface area contributed by atoms with Crippen molar-refractivity contribution in [2.24, 2.45) is 0 Å². The Morgan fingerprint density at radius 1 is 0.867 bits per heavy atom. The zero-order chi connectivity index (χ0) is 14.3. The van der Waals surface area contributed by atoms with Gasteiger partial charge in [-0.3, -0.25) is 0 Å². The van der Waals surface area contributed by atoms with Gasteiger partial charge in [0.25, 0.3) is 0 Å². The lowest BCUT2D eigenvalue weighted by atomic mass is 10.1. The van der Waals surface area contributed by atoms with Gasteiger partial charge in [0.2, 0.25) is 0 Å². The highest BCUT2D eigenvalue weighted by molar-refractivity contribution is 6.44. The smallest absolute Gasteiger partial charge is 0.0671 e. The number of rotatable bonds is 1. The summed E-state index contributed by atoms with van der Waals surface area (Å²) in [4.78, 5) is 0. The molecule has 15 heavy (non-hydrogen) atoms. The molecule has 0 aliphatic heterocycles. The number of halogens is 3. The normalized spacial score (nSPS) is 14.1. The molecule has 0 fully saturated rings. The van der Waals surface area contributed by atoms with Gasteiger partial charge in [-0.1, -0.05) is 65.1 Å². The predicted octanol–water partition coefficient (Wildman–Crippen LogP) is 5.31. The van der Waals surface area contributed by atoms with Crippen LogP contribution in [-0.4, -0.2) is 0 Å². The summed E-state index contributed by atoms with van der Waals surface area (Å²) in [6.07, 6.45) is 0. The summed E-state index contributed by atoms with van der Waals surface area (Å²) in [5, 5.41) is 0.425. The standard InChI is InChI=1S/C12H7Cl3/c13-10-6-2-1-4-8(10)9-5-3-7-11(14)12(9)15/h1-7H/i1D,2D,4D,6D. The van der Waals surface area contributed by atoms with E-state index in [0.717, 1.165) is 0 Å². The molecule has 0 nitrogen and oxygen atoms in total. The lowest BCUT2D eigenvalue weighted by Crippen LogP contribution is -1.81. The average molecular weight is 262 g/mol. The summed E-state index contributed by atoms with van der Waals surface area (Å²) in [7, 11) is 0. The van der Waals surface area contributed by atoms with E-state index in [0.29, 0.717) is 10.6 Å². The van der Waals surface area contributed by atoms with Crippen molar-refractivity contribution in [3.8, 4) is 11.1 Å². The molecule has 0 saturated heterocycles. The first-order valence-corrected chi connectivity index (χ1v) is 5.19. The van der Waals surface area contributed by atoms with Crippen LogP contribution in [-0.2, 0) is 0 Å². The third-order valence-electron chi connectivity index (χ3n) is 1.86. The summed E-state index contributed by atoms with van der Waals surface area (Å²) < 4.78 is 30.8. The third kappa shape index (κ3) is 2.12. The second-order valence-corrected chi connectivity index (χ2v) is 3.95. The number of hydrogen-bond acceptors (Lipinski definition) is 0. The average Bonchev–Trinajstić information content (AvgIpc) is 2.39. The fourth-order valence-corrected chi connectivity index (χ4v) is 1.77. The molecule has 0 N–H and O–H groups in total. The molecule has 0 amide bonds. The van der Waals surface area contributed by atoms with Gasteiger partial charge in [0.1, 0.15) is 0 Å². The topological polar surface area (TPSA) is 0 Å². The van der Waals surface area contributed by atoms with Gasteiger partial charge >= 0.3 is 0 Å². The Labute approximate surface area is 109 Å². The Hall–Kier alpha value is -0.690.